The van der Waals surface area contributed by atoms with Crippen molar-refractivity contribution in [3.05, 3.63) is 58.6 Å². The van der Waals surface area contributed by atoms with Crippen molar-refractivity contribution < 1.29 is 13.6 Å². The summed E-state index contributed by atoms with van der Waals surface area (Å²) in [5, 5.41) is 5.73. The van der Waals surface area contributed by atoms with Crippen molar-refractivity contribution in [3.8, 4) is 0 Å². The largest absolute Gasteiger partial charge is 0.376 e. The number of amides is 1. The van der Waals surface area contributed by atoms with Gasteiger partial charge in [-0.2, -0.15) is 0 Å². The zero-order chi connectivity index (χ0) is 15.4. The molecular weight excluding hydrogens is 298 g/mol. The summed E-state index contributed by atoms with van der Waals surface area (Å²) in [6.07, 6.45) is 0. The lowest BCUT2D eigenvalue weighted by Gasteiger charge is -2.09. The summed E-state index contributed by atoms with van der Waals surface area (Å²) >= 11 is 5.97. The first-order valence-electron chi connectivity index (χ1n) is 6.20. The topological polar surface area (TPSA) is 41.1 Å². The number of carbonyl (C=O) groups is 1. The van der Waals surface area contributed by atoms with Gasteiger partial charge in [0, 0.05) is 16.8 Å². The molecule has 0 aliphatic carbocycles. The van der Waals surface area contributed by atoms with E-state index >= 15 is 0 Å². The van der Waals surface area contributed by atoms with Crippen LogP contribution in [0.15, 0.2) is 36.4 Å². The Morgan fingerprint density at radius 3 is 2.67 bits per heavy atom. The van der Waals surface area contributed by atoms with E-state index < -0.39 is 17.5 Å². The van der Waals surface area contributed by atoms with E-state index in [9.17, 15) is 13.6 Å². The van der Waals surface area contributed by atoms with E-state index in [4.69, 9.17) is 11.6 Å². The second-order valence-corrected chi connectivity index (χ2v) is 4.90. The van der Waals surface area contributed by atoms with Crippen LogP contribution in [0.3, 0.4) is 0 Å². The lowest BCUT2D eigenvalue weighted by atomic mass is 10.2. The van der Waals surface area contributed by atoms with Gasteiger partial charge in [-0.05, 0) is 36.8 Å². The molecule has 0 fully saturated rings. The van der Waals surface area contributed by atoms with Crippen LogP contribution in [0.2, 0.25) is 5.02 Å². The Hall–Kier alpha value is -2.14. The molecule has 6 heteroatoms. The molecule has 0 heterocycles. The molecule has 2 rings (SSSR count). The third-order valence-corrected chi connectivity index (χ3v) is 3.23. The maximum Gasteiger partial charge on any atom is 0.243 e. The minimum absolute atomic E-state index is 0.0880. The highest BCUT2D eigenvalue weighted by Gasteiger charge is 2.08. The van der Waals surface area contributed by atoms with Gasteiger partial charge < -0.3 is 10.6 Å². The Morgan fingerprint density at radius 1 is 1.19 bits per heavy atom. The summed E-state index contributed by atoms with van der Waals surface area (Å²) in [7, 11) is 0. The van der Waals surface area contributed by atoms with Gasteiger partial charge in [-0.15, -0.1) is 0 Å². The molecule has 0 saturated heterocycles. The molecule has 0 bridgehead atoms. The molecule has 2 aromatic rings. The quantitative estimate of drug-likeness (QED) is 0.897. The van der Waals surface area contributed by atoms with Crippen molar-refractivity contribution in [1.29, 1.82) is 0 Å². The van der Waals surface area contributed by atoms with E-state index in [1.54, 1.807) is 12.1 Å². The second kappa shape index (κ2) is 6.54. The highest BCUT2D eigenvalue weighted by Crippen LogP contribution is 2.20. The van der Waals surface area contributed by atoms with Gasteiger partial charge in [0.15, 0.2) is 0 Å². The Balaban J connectivity index is 1.95. The lowest BCUT2D eigenvalue weighted by molar-refractivity contribution is -0.114. The maximum absolute atomic E-state index is 13.4. The third kappa shape index (κ3) is 4.16. The molecule has 0 aliphatic heterocycles. The Kier molecular flexibility index (Phi) is 4.75. The number of rotatable bonds is 4. The van der Waals surface area contributed by atoms with Crippen molar-refractivity contribution in [2.75, 3.05) is 17.2 Å². The summed E-state index contributed by atoms with van der Waals surface area (Å²) < 4.78 is 26.4. The van der Waals surface area contributed by atoms with Gasteiger partial charge in [0.2, 0.25) is 5.91 Å². The molecule has 0 aliphatic rings. The van der Waals surface area contributed by atoms with Crippen LogP contribution in [0.5, 0.6) is 0 Å². The summed E-state index contributed by atoms with van der Waals surface area (Å²) in [6, 6.07) is 8.14. The summed E-state index contributed by atoms with van der Waals surface area (Å²) in [5.74, 6) is -1.80. The highest BCUT2D eigenvalue weighted by molar-refractivity contribution is 6.31. The first-order valence-corrected chi connectivity index (χ1v) is 6.58. The molecule has 1 amide bonds. The van der Waals surface area contributed by atoms with Crippen LogP contribution >= 0.6 is 11.6 Å². The maximum atomic E-state index is 13.4. The number of benzene rings is 2. The van der Waals surface area contributed by atoms with Crippen molar-refractivity contribution >= 4 is 28.9 Å². The van der Waals surface area contributed by atoms with E-state index in [0.29, 0.717) is 10.7 Å². The van der Waals surface area contributed by atoms with Gasteiger partial charge >= 0.3 is 0 Å². The van der Waals surface area contributed by atoms with E-state index in [1.807, 2.05) is 13.0 Å². The monoisotopic (exact) mass is 310 g/mol. The fraction of sp³-hybridized carbons (Fsp3) is 0.133. The highest BCUT2D eigenvalue weighted by atomic mass is 35.5. The molecule has 0 spiro atoms. The Bertz CT molecular complexity index is 677. The Morgan fingerprint density at radius 2 is 1.95 bits per heavy atom. The molecule has 0 aromatic heterocycles. The van der Waals surface area contributed by atoms with Crippen molar-refractivity contribution in [2.45, 2.75) is 6.92 Å². The van der Waals surface area contributed by atoms with Crippen LogP contribution < -0.4 is 10.6 Å². The van der Waals surface area contributed by atoms with Crippen molar-refractivity contribution in [2.24, 2.45) is 0 Å². The number of anilines is 2. The molecule has 21 heavy (non-hydrogen) atoms. The molecule has 2 aromatic carbocycles. The number of halogens is 3. The van der Waals surface area contributed by atoms with E-state index in [2.05, 4.69) is 10.6 Å². The molecule has 3 nitrogen and oxygen atoms in total. The molecular formula is C15H13ClF2N2O. The smallest absolute Gasteiger partial charge is 0.243 e. The predicted octanol–water partition coefficient (Wildman–Crippen LogP) is 3.98. The van der Waals surface area contributed by atoms with Gasteiger partial charge in [0.05, 0.1) is 12.2 Å². The van der Waals surface area contributed by atoms with Crippen LogP contribution in [0, 0.1) is 18.6 Å². The third-order valence-electron chi connectivity index (χ3n) is 2.83. The molecule has 0 atom stereocenters. The first-order chi connectivity index (χ1) is 9.95. The summed E-state index contributed by atoms with van der Waals surface area (Å²) in [6.45, 7) is 1.78. The normalized spacial score (nSPS) is 10.3. The number of hydrogen-bond donors (Lipinski definition) is 2. The van der Waals surface area contributed by atoms with Gasteiger partial charge in [0.25, 0.3) is 0 Å². The number of hydrogen-bond acceptors (Lipinski definition) is 2. The summed E-state index contributed by atoms with van der Waals surface area (Å²) in [4.78, 5) is 11.7. The average Bonchev–Trinajstić information content (AvgIpc) is 2.44. The number of carbonyl (C=O) groups excluding carboxylic acids is 1. The zero-order valence-corrected chi connectivity index (χ0v) is 12.0. The van der Waals surface area contributed by atoms with Gasteiger partial charge in [-0.25, -0.2) is 8.78 Å². The SMILES string of the molecule is Cc1ccc(NCC(=O)Nc2cc(F)ccc2F)cc1Cl. The fourth-order valence-electron chi connectivity index (χ4n) is 1.67. The molecule has 0 unspecified atom stereocenters. The van der Waals surface area contributed by atoms with Crippen LogP contribution in [-0.4, -0.2) is 12.5 Å². The van der Waals surface area contributed by atoms with Crippen LogP contribution in [0.4, 0.5) is 20.2 Å². The lowest BCUT2D eigenvalue weighted by Crippen LogP contribution is -2.22. The first kappa shape index (κ1) is 15.3. The Labute approximate surface area is 125 Å². The second-order valence-electron chi connectivity index (χ2n) is 4.49. The average molecular weight is 311 g/mol. The van der Waals surface area contributed by atoms with Crippen LogP contribution in [0.1, 0.15) is 5.56 Å². The fourth-order valence-corrected chi connectivity index (χ4v) is 1.85. The standard InChI is InChI=1S/C15H13ClF2N2O/c1-9-2-4-11(7-12(9)16)19-8-15(21)20-14-6-10(17)3-5-13(14)18/h2-7,19H,8H2,1H3,(H,20,21). The van der Waals surface area contributed by atoms with Crippen LogP contribution in [0.25, 0.3) is 0 Å². The predicted molar refractivity (Wildman–Crippen MR) is 79.7 cm³/mol. The van der Waals surface area contributed by atoms with E-state index in [-0.39, 0.29) is 12.2 Å². The molecule has 0 radical (unpaired) electrons. The minimum Gasteiger partial charge on any atom is -0.376 e. The van der Waals surface area contributed by atoms with E-state index in [1.165, 1.54) is 0 Å². The molecule has 110 valence electrons. The van der Waals surface area contributed by atoms with Gasteiger partial charge in [0.1, 0.15) is 11.6 Å². The molecule has 0 saturated carbocycles. The number of nitrogens with one attached hydrogen (secondary N) is 2. The van der Waals surface area contributed by atoms with Gasteiger partial charge in [-0.1, -0.05) is 17.7 Å². The van der Waals surface area contributed by atoms with Crippen LogP contribution in [-0.2, 0) is 4.79 Å². The zero-order valence-electron chi connectivity index (χ0n) is 11.2. The minimum atomic E-state index is -0.692. The summed E-state index contributed by atoms with van der Waals surface area (Å²) in [5.41, 5.74) is 1.40. The van der Waals surface area contributed by atoms with E-state index in [0.717, 1.165) is 23.8 Å². The van der Waals surface area contributed by atoms with Crippen molar-refractivity contribution in [3.63, 3.8) is 0 Å². The number of aryl methyl sites for hydroxylation is 1. The van der Waals surface area contributed by atoms with Gasteiger partial charge in [-0.3, -0.25) is 4.79 Å². The molecule has 2 N–H and O–H groups in total. The van der Waals surface area contributed by atoms with Crippen molar-refractivity contribution in [1.82, 2.24) is 0 Å².